The molecule has 7 nitrogen and oxygen atoms in total. The molecule has 2 aromatic rings. The van der Waals surface area contributed by atoms with Crippen molar-refractivity contribution in [3.05, 3.63) is 46.8 Å². The van der Waals surface area contributed by atoms with Crippen LogP contribution in [0, 0.1) is 0 Å². The first-order valence-electron chi connectivity index (χ1n) is 7.61. The highest BCUT2D eigenvalue weighted by Gasteiger charge is 2.11. The molecule has 1 aromatic heterocycles. The lowest BCUT2D eigenvalue weighted by molar-refractivity contribution is 0.414. The maximum atomic E-state index is 11.3. The molecule has 0 fully saturated rings. The molecule has 0 aliphatic rings. The average molecular weight is 510 g/mol. The van der Waals surface area contributed by atoms with Gasteiger partial charge in [-0.2, -0.15) is 0 Å². The van der Waals surface area contributed by atoms with Gasteiger partial charge in [0.25, 0.3) is 0 Å². The molecule has 0 bridgehead atoms. The van der Waals surface area contributed by atoms with Crippen LogP contribution >= 0.6 is 35.3 Å². The number of nitrogens with zero attached hydrogens (tertiary/aromatic N) is 1. The lowest BCUT2D eigenvalue weighted by Gasteiger charge is -2.11. The highest BCUT2D eigenvalue weighted by atomic mass is 127. The maximum Gasteiger partial charge on any atom is 0.247 e. The lowest BCUT2D eigenvalue weighted by Crippen LogP contribution is -2.37. The molecule has 144 valence electrons. The topological polar surface area (TPSA) is 106 Å². The van der Waals surface area contributed by atoms with E-state index in [0.29, 0.717) is 12.5 Å². The summed E-state index contributed by atoms with van der Waals surface area (Å²) in [6.45, 7) is 1.20. The Labute approximate surface area is 175 Å². The van der Waals surface area contributed by atoms with Crippen molar-refractivity contribution in [2.24, 2.45) is 10.1 Å². The molecule has 0 amide bonds. The van der Waals surface area contributed by atoms with Gasteiger partial charge in [0.2, 0.25) is 10.0 Å². The van der Waals surface area contributed by atoms with Gasteiger partial charge in [-0.3, -0.25) is 4.99 Å². The van der Waals surface area contributed by atoms with Crippen LogP contribution in [0.5, 0.6) is 5.75 Å². The zero-order valence-corrected chi connectivity index (χ0v) is 18.5. The third kappa shape index (κ3) is 7.09. The Balaban J connectivity index is 0.00000338. The summed E-state index contributed by atoms with van der Waals surface area (Å²) in [6.07, 6.45) is 0.846. The highest BCUT2D eigenvalue weighted by molar-refractivity contribution is 14.0. The van der Waals surface area contributed by atoms with E-state index in [0.717, 1.165) is 34.9 Å². The predicted octanol–water partition coefficient (Wildman–Crippen LogP) is 1.93. The van der Waals surface area contributed by atoms with Crippen molar-refractivity contribution in [2.45, 2.75) is 17.2 Å². The quantitative estimate of drug-likeness (QED) is 0.300. The number of hydrogen-bond donors (Lipinski definition) is 3. The van der Waals surface area contributed by atoms with Gasteiger partial charge < -0.3 is 15.4 Å². The second-order valence-corrected chi connectivity index (χ2v) is 8.17. The molecular formula is C16H23IN4O3S2. The van der Waals surface area contributed by atoms with E-state index in [9.17, 15) is 8.42 Å². The molecule has 0 saturated carbocycles. The average Bonchev–Trinajstić information content (AvgIpc) is 3.08. The molecule has 0 aliphatic carbocycles. The number of ether oxygens (including phenoxy) is 1. The summed E-state index contributed by atoms with van der Waals surface area (Å²) in [5, 5.41) is 11.5. The normalized spacial score (nSPS) is 11.6. The maximum absolute atomic E-state index is 11.3. The van der Waals surface area contributed by atoms with E-state index in [2.05, 4.69) is 15.6 Å². The second-order valence-electron chi connectivity index (χ2n) is 5.22. The number of guanidine groups is 1. The van der Waals surface area contributed by atoms with Gasteiger partial charge in [-0.05, 0) is 36.2 Å². The van der Waals surface area contributed by atoms with E-state index in [1.165, 1.54) is 11.6 Å². The summed E-state index contributed by atoms with van der Waals surface area (Å²) in [6, 6.07) is 11.2. The smallest absolute Gasteiger partial charge is 0.247 e. The van der Waals surface area contributed by atoms with Crippen molar-refractivity contribution in [3.8, 4) is 5.75 Å². The number of primary sulfonamides is 1. The first-order chi connectivity index (χ1) is 11.9. The molecule has 1 heterocycles. The molecule has 10 heteroatoms. The Kier molecular flexibility index (Phi) is 9.33. The Bertz CT molecular complexity index is 820. The summed E-state index contributed by atoms with van der Waals surface area (Å²) in [5.41, 5.74) is 1.19. The van der Waals surface area contributed by atoms with Crippen molar-refractivity contribution in [3.63, 3.8) is 0 Å². The fraction of sp³-hybridized carbons (Fsp3) is 0.312. The van der Waals surface area contributed by atoms with E-state index < -0.39 is 10.0 Å². The molecule has 1 aromatic carbocycles. The van der Waals surface area contributed by atoms with Crippen molar-refractivity contribution in [1.82, 2.24) is 10.6 Å². The number of aliphatic imine (C=N–C) groups is 1. The monoisotopic (exact) mass is 510 g/mol. The largest absolute Gasteiger partial charge is 0.497 e. The van der Waals surface area contributed by atoms with Gasteiger partial charge in [0, 0.05) is 18.5 Å². The molecule has 0 spiro atoms. The van der Waals surface area contributed by atoms with Crippen LogP contribution in [-0.4, -0.2) is 35.1 Å². The van der Waals surface area contributed by atoms with Gasteiger partial charge in [-0.15, -0.1) is 35.3 Å². The van der Waals surface area contributed by atoms with Gasteiger partial charge in [0.05, 0.1) is 13.7 Å². The van der Waals surface area contributed by atoms with E-state index >= 15 is 0 Å². The number of sulfonamides is 1. The van der Waals surface area contributed by atoms with Crippen molar-refractivity contribution in [1.29, 1.82) is 0 Å². The van der Waals surface area contributed by atoms with Crippen molar-refractivity contribution >= 4 is 51.3 Å². The third-order valence-electron chi connectivity index (χ3n) is 3.44. The Morgan fingerprint density at radius 2 is 1.88 bits per heavy atom. The minimum absolute atomic E-state index is 0. The number of hydrogen-bond acceptors (Lipinski definition) is 5. The predicted molar refractivity (Wildman–Crippen MR) is 116 cm³/mol. The van der Waals surface area contributed by atoms with Crippen LogP contribution in [0.2, 0.25) is 0 Å². The summed E-state index contributed by atoms with van der Waals surface area (Å²) >= 11 is 1.15. The van der Waals surface area contributed by atoms with Crippen LogP contribution in [0.3, 0.4) is 0 Å². The number of nitrogens with one attached hydrogen (secondary N) is 2. The molecule has 0 saturated heterocycles. The summed E-state index contributed by atoms with van der Waals surface area (Å²) in [7, 11) is -0.308. The van der Waals surface area contributed by atoms with Crippen molar-refractivity contribution < 1.29 is 13.2 Å². The van der Waals surface area contributed by atoms with Gasteiger partial charge in [-0.1, -0.05) is 12.1 Å². The van der Waals surface area contributed by atoms with E-state index in [4.69, 9.17) is 9.88 Å². The van der Waals surface area contributed by atoms with Gasteiger partial charge in [0.1, 0.15) is 9.96 Å². The zero-order valence-electron chi connectivity index (χ0n) is 14.6. The summed E-state index contributed by atoms with van der Waals surface area (Å²) in [4.78, 5) is 5.02. The summed E-state index contributed by atoms with van der Waals surface area (Å²) in [5.74, 6) is 1.49. The molecule has 0 atom stereocenters. The fourth-order valence-corrected chi connectivity index (χ4v) is 3.83. The zero-order chi connectivity index (χ0) is 18.3. The van der Waals surface area contributed by atoms with E-state index in [1.807, 2.05) is 24.3 Å². The molecular weight excluding hydrogens is 487 g/mol. The number of rotatable bonds is 7. The number of halogens is 1. The first kappa shape index (κ1) is 22.7. The van der Waals surface area contributed by atoms with Crippen LogP contribution in [0.1, 0.15) is 10.4 Å². The number of thiophene rings is 1. The highest BCUT2D eigenvalue weighted by Crippen LogP contribution is 2.19. The standard InChI is InChI=1S/C16H22N4O3S2.HI/c1-18-16(19-10-9-12-3-5-13(23-2)6-4-12)20-11-14-7-8-15(24-14)25(17,21)22;/h3-8H,9-11H2,1-2H3,(H2,17,21,22)(H2,18,19,20);1H. The number of methoxy groups -OCH3 is 1. The van der Waals surface area contributed by atoms with Gasteiger partial charge in [-0.25, -0.2) is 13.6 Å². The van der Waals surface area contributed by atoms with E-state index in [-0.39, 0.29) is 28.2 Å². The Morgan fingerprint density at radius 3 is 2.42 bits per heavy atom. The number of nitrogens with two attached hydrogens (primary N) is 1. The first-order valence-corrected chi connectivity index (χ1v) is 9.97. The molecule has 2 rings (SSSR count). The second kappa shape index (κ2) is 10.7. The lowest BCUT2D eigenvalue weighted by atomic mass is 10.1. The number of benzene rings is 1. The van der Waals surface area contributed by atoms with E-state index in [1.54, 1.807) is 20.2 Å². The van der Waals surface area contributed by atoms with Crippen LogP contribution in [0.15, 0.2) is 45.6 Å². The minimum Gasteiger partial charge on any atom is -0.497 e. The Hall–Kier alpha value is -1.37. The van der Waals surface area contributed by atoms with Crippen LogP contribution in [0.25, 0.3) is 0 Å². The van der Waals surface area contributed by atoms with Crippen molar-refractivity contribution in [2.75, 3.05) is 20.7 Å². The summed E-state index contributed by atoms with van der Waals surface area (Å²) < 4.78 is 27.9. The molecule has 0 unspecified atom stereocenters. The molecule has 0 radical (unpaired) electrons. The van der Waals surface area contributed by atoms with Gasteiger partial charge in [0.15, 0.2) is 5.96 Å². The SMILES string of the molecule is CN=C(NCCc1ccc(OC)cc1)NCc1ccc(S(N)(=O)=O)s1.I. The third-order valence-corrected chi connectivity index (χ3v) is 5.96. The molecule has 4 N–H and O–H groups in total. The molecule has 0 aliphatic heterocycles. The van der Waals surface area contributed by atoms with Crippen LogP contribution < -0.4 is 20.5 Å². The minimum atomic E-state index is -3.64. The van der Waals surface area contributed by atoms with Crippen LogP contribution in [-0.2, 0) is 23.0 Å². The van der Waals surface area contributed by atoms with Crippen LogP contribution in [0.4, 0.5) is 0 Å². The van der Waals surface area contributed by atoms with Gasteiger partial charge >= 0.3 is 0 Å². The molecule has 26 heavy (non-hydrogen) atoms. The fourth-order valence-electron chi connectivity index (χ4n) is 2.12. The Morgan fingerprint density at radius 1 is 1.19 bits per heavy atom.